The maximum atomic E-state index is 13.0. The van der Waals surface area contributed by atoms with E-state index in [2.05, 4.69) is 20.7 Å². The molecule has 0 saturated heterocycles. The summed E-state index contributed by atoms with van der Waals surface area (Å²) in [6.07, 6.45) is -2.77. The number of hydrogen-bond acceptors (Lipinski definition) is 6. The van der Waals surface area contributed by atoms with Crippen LogP contribution in [0, 0.1) is 6.92 Å². The molecule has 0 atom stereocenters. The minimum atomic E-state index is -4.67. The van der Waals surface area contributed by atoms with Crippen molar-refractivity contribution >= 4 is 44.7 Å². The average molecular weight is 585 g/mol. The van der Waals surface area contributed by atoms with Gasteiger partial charge in [0.15, 0.2) is 0 Å². The lowest BCUT2D eigenvalue weighted by Gasteiger charge is -2.31. The van der Waals surface area contributed by atoms with E-state index in [0.29, 0.717) is 31.2 Å². The molecule has 0 radical (unpaired) electrons. The minimum Gasteiger partial charge on any atom is -0.377 e. The zero-order valence-corrected chi connectivity index (χ0v) is 22.1. The molecule has 39 heavy (non-hydrogen) atoms. The third-order valence-corrected chi connectivity index (χ3v) is 8.31. The molecule has 0 aromatic heterocycles. The van der Waals surface area contributed by atoms with Crippen LogP contribution >= 0.6 is 11.6 Å². The van der Waals surface area contributed by atoms with E-state index in [1.807, 2.05) is 0 Å². The van der Waals surface area contributed by atoms with Gasteiger partial charge in [0.25, 0.3) is 20.9 Å². The number of rotatable bonds is 7. The highest BCUT2D eigenvalue weighted by Crippen LogP contribution is 2.36. The van der Waals surface area contributed by atoms with Gasteiger partial charge in [-0.15, -0.1) is 0 Å². The number of carbonyl (C=O) groups is 1. The number of nitrogens with one attached hydrogen (secondary N) is 4. The number of alkyl halides is 3. The lowest BCUT2D eigenvalue weighted by Crippen LogP contribution is -2.44. The Bertz CT molecular complexity index is 1580. The molecule has 1 aliphatic carbocycles. The molecule has 4 N–H and O–H groups in total. The number of anilines is 3. The second-order valence-electron chi connectivity index (χ2n) is 9.26. The van der Waals surface area contributed by atoms with E-state index in [9.17, 15) is 36.0 Å². The topological polar surface area (TPSA) is 133 Å². The molecule has 1 fully saturated rings. The van der Waals surface area contributed by atoms with Gasteiger partial charge in [-0.2, -0.15) is 13.2 Å². The number of aryl methyl sites for hydroxylation is 1. The van der Waals surface area contributed by atoms with Crippen LogP contribution in [0.15, 0.2) is 56.9 Å². The van der Waals surface area contributed by atoms with Crippen molar-refractivity contribution in [1.29, 1.82) is 0 Å². The number of urea groups is 1. The molecule has 9 nitrogen and oxygen atoms in total. The molecule has 4 rings (SSSR count). The summed E-state index contributed by atoms with van der Waals surface area (Å²) in [5, 5.41) is 7.54. The van der Waals surface area contributed by atoms with Crippen LogP contribution in [0.5, 0.6) is 0 Å². The van der Waals surface area contributed by atoms with Gasteiger partial charge in [0, 0.05) is 17.8 Å². The van der Waals surface area contributed by atoms with E-state index >= 15 is 0 Å². The molecule has 0 heterocycles. The third kappa shape index (κ3) is 6.36. The third-order valence-electron chi connectivity index (χ3n) is 6.47. The van der Waals surface area contributed by atoms with Gasteiger partial charge in [0.05, 0.1) is 15.5 Å². The van der Waals surface area contributed by atoms with Crippen LogP contribution < -0.4 is 31.5 Å². The van der Waals surface area contributed by atoms with Crippen molar-refractivity contribution in [2.75, 3.05) is 15.4 Å². The summed E-state index contributed by atoms with van der Waals surface area (Å²) in [6.45, 7) is 1.61. The summed E-state index contributed by atoms with van der Waals surface area (Å²) < 4.78 is 66.9. The van der Waals surface area contributed by atoms with Crippen molar-refractivity contribution < 1.29 is 26.4 Å². The van der Waals surface area contributed by atoms with Crippen LogP contribution in [0.3, 0.4) is 0 Å². The first-order chi connectivity index (χ1) is 18.3. The maximum Gasteiger partial charge on any atom is 0.417 e. The number of sulfonamides is 1. The summed E-state index contributed by atoms with van der Waals surface area (Å²) >= 11 is 5.60. The minimum absolute atomic E-state index is 0.0120. The second kappa shape index (κ2) is 10.9. The fourth-order valence-electron chi connectivity index (χ4n) is 4.43. The van der Waals surface area contributed by atoms with Crippen molar-refractivity contribution in [1.82, 2.24) is 5.32 Å². The van der Waals surface area contributed by atoms with Crippen molar-refractivity contribution in [3.8, 4) is 0 Å². The van der Waals surface area contributed by atoms with E-state index < -0.39 is 43.7 Å². The van der Waals surface area contributed by atoms with Crippen LogP contribution in [0.25, 0.3) is 0 Å². The Kier molecular flexibility index (Phi) is 7.94. The van der Waals surface area contributed by atoms with Crippen LogP contribution in [0.4, 0.5) is 35.0 Å². The summed E-state index contributed by atoms with van der Waals surface area (Å²) in [4.78, 5) is 36.6. The quantitative estimate of drug-likeness (QED) is 0.300. The van der Waals surface area contributed by atoms with Gasteiger partial charge in [0.2, 0.25) is 0 Å². The van der Waals surface area contributed by atoms with Gasteiger partial charge in [-0.3, -0.25) is 14.3 Å². The standard InChI is InChI=1S/C25H24ClF3N4O5S/c1-13-4-2-3-5-19(13)39(37,38)33-21-20(22(34)23(21)35)30-14-6-8-15(9-7-14)31-24(36)32-16-10-11-18(26)17(12-16)25(27,28)29/h2-5,10-12,14-15,30,33H,6-9H2,1H3,(H2,31,32,36). The highest BCUT2D eigenvalue weighted by atomic mass is 35.5. The first-order valence-corrected chi connectivity index (χ1v) is 13.7. The molecule has 3 aromatic carbocycles. The summed E-state index contributed by atoms with van der Waals surface area (Å²) in [6, 6.07) is 8.04. The van der Waals surface area contributed by atoms with Gasteiger partial charge >= 0.3 is 12.2 Å². The number of halogens is 4. The number of hydrogen-bond donors (Lipinski definition) is 4. The number of carbonyl (C=O) groups excluding carboxylic acids is 1. The van der Waals surface area contributed by atoms with Gasteiger partial charge < -0.3 is 16.0 Å². The summed E-state index contributed by atoms with van der Waals surface area (Å²) in [7, 11) is -4.09. The first-order valence-electron chi connectivity index (χ1n) is 11.9. The summed E-state index contributed by atoms with van der Waals surface area (Å²) in [5.74, 6) is 0. The molecular weight excluding hydrogens is 561 g/mol. The van der Waals surface area contributed by atoms with E-state index in [0.717, 1.165) is 12.1 Å². The van der Waals surface area contributed by atoms with E-state index in [1.54, 1.807) is 25.1 Å². The van der Waals surface area contributed by atoms with E-state index in [-0.39, 0.29) is 34.0 Å². The second-order valence-corrected chi connectivity index (χ2v) is 11.3. The molecule has 2 amide bonds. The van der Waals surface area contributed by atoms with Crippen molar-refractivity contribution in [2.45, 2.75) is 55.8 Å². The predicted molar refractivity (Wildman–Crippen MR) is 142 cm³/mol. The molecule has 1 saturated carbocycles. The Morgan fingerprint density at radius 3 is 2.21 bits per heavy atom. The maximum absolute atomic E-state index is 13.0. The molecule has 0 unspecified atom stereocenters. The van der Waals surface area contributed by atoms with Crippen molar-refractivity contribution in [3.05, 3.63) is 79.1 Å². The molecule has 1 aliphatic rings. The van der Waals surface area contributed by atoms with Crippen molar-refractivity contribution in [3.63, 3.8) is 0 Å². The van der Waals surface area contributed by atoms with E-state index in [4.69, 9.17) is 11.6 Å². The molecule has 3 aromatic rings. The monoisotopic (exact) mass is 584 g/mol. The fraction of sp³-hybridized carbons (Fsp3) is 0.320. The zero-order valence-electron chi connectivity index (χ0n) is 20.5. The largest absolute Gasteiger partial charge is 0.417 e. The van der Waals surface area contributed by atoms with Crippen LogP contribution in [0.1, 0.15) is 36.8 Å². The molecule has 0 spiro atoms. The zero-order chi connectivity index (χ0) is 28.5. The summed E-state index contributed by atoms with van der Waals surface area (Å²) in [5.41, 5.74) is -2.83. The molecule has 208 valence electrons. The van der Waals surface area contributed by atoms with Gasteiger partial charge in [0.1, 0.15) is 11.4 Å². The SMILES string of the molecule is Cc1ccccc1S(=O)(=O)Nc1c(NC2CCC(NC(=O)Nc3ccc(Cl)c(C(F)(F)F)c3)CC2)c(=O)c1=O. The molecule has 0 bridgehead atoms. The van der Waals surface area contributed by atoms with Gasteiger partial charge in [-0.1, -0.05) is 29.8 Å². The molecular formula is C25H24ClF3N4O5S. The average Bonchev–Trinajstić information content (AvgIpc) is 2.87. The highest BCUT2D eigenvalue weighted by Gasteiger charge is 2.34. The normalized spacial score (nSPS) is 18.0. The van der Waals surface area contributed by atoms with Crippen LogP contribution in [0.2, 0.25) is 5.02 Å². The Labute approximate surface area is 226 Å². The highest BCUT2D eigenvalue weighted by molar-refractivity contribution is 7.92. The smallest absolute Gasteiger partial charge is 0.377 e. The molecule has 14 heteroatoms. The van der Waals surface area contributed by atoms with Gasteiger partial charge in [-0.25, -0.2) is 13.2 Å². The number of amides is 2. The van der Waals surface area contributed by atoms with Crippen molar-refractivity contribution in [2.24, 2.45) is 0 Å². The Morgan fingerprint density at radius 1 is 0.949 bits per heavy atom. The van der Waals surface area contributed by atoms with Crippen LogP contribution in [-0.4, -0.2) is 26.5 Å². The molecule has 0 aliphatic heterocycles. The number of benzene rings is 2. The van der Waals surface area contributed by atoms with E-state index in [1.165, 1.54) is 12.1 Å². The first kappa shape index (κ1) is 28.4. The lowest BCUT2D eigenvalue weighted by molar-refractivity contribution is -0.137. The van der Waals surface area contributed by atoms with Gasteiger partial charge in [-0.05, 0) is 62.4 Å². The Hall–Kier alpha value is -3.58. The lowest BCUT2D eigenvalue weighted by atomic mass is 9.91. The Morgan fingerprint density at radius 2 is 1.56 bits per heavy atom. The van der Waals surface area contributed by atoms with Crippen LogP contribution in [-0.2, 0) is 16.2 Å². The fourth-order valence-corrected chi connectivity index (χ4v) is 5.98. The predicted octanol–water partition coefficient (Wildman–Crippen LogP) is 4.61. The Balaban J connectivity index is 1.33.